The third-order valence-corrected chi connectivity index (χ3v) is 2.64. The molecule has 1 N–H and O–H groups in total. The number of hydrogen-bond acceptors (Lipinski definition) is 3. The predicted octanol–water partition coefficient (Wildman–Crippen LogP) is 2.09. The summed E-state index contributed by atoms with van der Waals surface area (Å²) >= 11 is 0. The van der Waals surface area contributed by atoms with E-state index in [1.165, 1.54) is 5.56 Å². The van der Waals surface area contributed by atoms with Crippen LogP contribution in [0.3, 0.4) is 0 Å². The first-order valence-corrected chi connectivity index (χ1v) is 4.72. The van der Waals surface area contributed by atoms with Crippen LogP contribution in [0.5, 0.6) is 0 Å². The van der Waals surface area contributed by atoms with Crippen molar-refractivity contribution in [1.29, 1.82) is 0 Å². The van der Waals surface area contributed by atoms with Gasteiger partial charge in [0.2, 0.25) is 0 Å². The maximum atomic E-state index is 10.4. The quantitative estimate of drug-likeness (QED) is 0.623. The molecule has 2 rings (SSSR count). The van der Waals surface area contributed by atoms with Gasteiger partial charge in [0, 0.05) is 18.7 Å². The lowest BCUT2D eigenvalue weighted by molar-refractivity contribution is -0.384. The number of benzene rings is 1. The number of nitro benzene ring substituents is 1. The van der Waals surface area contributed by atoms with Crippen LogP contribution in [0.25, 0.3) is 0 Å². The minimum atomic E-state index is -0.364. The number of halogens is 1. The zero-order valence-electron chi connectivity index (χ0n) is 8.18. The summed E-state index contributed by atoms with van der Waals surface area (Å²) in [6.45, 7) is 2.03. The lowest BCUT2D eigenvalue weighted by atomic mass is 9.98. The Labute approximate surface area is 94.2 Å². The highest BCUT2D eigenvalue weighted by Gasteiger charge is 2.17. The molecule has 1 unspecified atom stereocenters. The van der Waals surface area contributed by atoms with Gasteiger partial charge in [-0.2, -0.15) is 0 Å². The zero-order valence-corrected chi connectivity index (χ0v) is 9.00. The summed E-state index contributed by atoms with van der Waals surface area (Å²) in [5.41, 5.74) is 1.36. The predicted molar refractivity (Wildman–Crippen MR) is 60.6 cm³/mol. The van der Waals surface area contributed by atoms with Crippen molar-refractivity contribution in [2.75, 3.05) is 13.1 Å². The molecule has 1 aromatic carbocycles. The fourth-order valence-corrected chi connectivity index (χ4v) is 1.81. The Morgan fingerprint density at radius 3 is 2.47 bits per heavy atom. The fraction of sp³-hybridized carbons (Fsp3) is 0.400. The van der Waals surface area contributed by atoms with Crippen molar-refractivity contribution in [3.8, 4) is 0 Å². The van der Waals surface area contributed by atoms with Gasteiger partial charge in [-0.05, 0) is 24.4 Å². The van der Waals surface area contributed by atoms with Gasteiger partial charge in [0.25, 0.3) is 5.69 Å². The van der Waals surface area contributed by atoms with Crippen LogP contribution in [-0.2, 0) is 0 Å². The molecule has 1 aromatic rings. The van der Waals surface area contributed by atoms with Gasteiger partial charge >= 0.3 is 0 Å². The second kappa shape index (κ2) is 5.09. The lowest BCUT2D eigenvalue weighted by Gasteiger charge is -2.07. The van der Waals surface area contributed by atoms with Crippen molar-refractivity contribution in [1.82, 2.24) is 5.32 Å². The average molecular weight is 229 g/mol. The maximum Gasteiger partial charge on any atom is 0.269 e. The third-order valence-electron chi connectivity index (χ3n) is 2.64. The van der Waals surface area contributed by atoms with E-state index in [-0.39, 0.29) is 23.0 Å². The first-order valence-electron chi connectivity index (χ1n) is 4.72. The molecular weight excluding hydrogens is 216 g/mol. The molecule has 0 bridgehead atoms. The summed E-state index contributed by atoms with van der Waals surface area (Å²) in [6.07, 6.45) is 1.12. The molecule has 0 spiro atoms. The van der Waals surface area contributed by atoms with Gasteiger partial charge in [0.15, 0.2) is 0 Å². The van der Waals surface area contributed by atoms with E-state index in [1.807, 2.05) is 12.1 Å². The molecule has 82 valence electrons. The van der Waals surface area contributed by atoms with Crippen molar-refractivity contribution < 1.29 is 4.92 Å². The molecule has 0 saturated carbocycles. The first-order chi connectivity index (χ1) is 6.77. The van der Waals surface area contributed by atoms with Crippen molar-refractivity contribution in [2.45, 2.75) is 12.3 Å². The average Bonchev–Trinajstić information content (AvgIpc) is 2.71. The molecule has 1 fully saturated rings. The van der Waals surface area contributed by atoms with E-state index >= 15 is 0 Å². The van der Waals surface area contributed by atoms with E-state index in [4.69, 9.17) is 0 Å². The van der Waals surface area contributed by atoms with Gasteiger partial charge in [-0.15, -0.1) is 12.4 Å². The fourth-order valence-electron chi connectivity index (χ4n) is 1.81. The highest BCUT2D eigenvalue weighted by atomic mass is 35.5. The number of hydrogen-bond donors (Lipinski definition) is 1. The second-order valence-corrected chi connectivity index (χ2v) is 3.54. The van der Waals surface area contributed by atoms with Crippen LogP contribution in [0.1, 0.15) is 17.9 Å². The lowest BCUT2D eigenvalue weighted by Crippen LogP contribution is -2.07. The van der Waals surface area contributed by atoms with Crippen LogP contribution in [0, 0.1) is 10.1 Å². The molecule has 0 aromatic heterocycles. The molecular formula is C10H13ClN2O2. The largest absolute Gasteiger partial charge is 0.316 e. The van der Waals surface area contributed by atoms with Crippen molar-refractivity contribution >= 4 is 18.1 Å². The number of nitro groups is 1. The van der Waals surface area contributed by atoms with Gasteiger partial charge < -0.3 is 5.32 Å². The van der Waals surface area contributed by atoms with E-state index < -0.39 is 0 Å². The molecule has 15 heavy (non-hydrogen) atoms. The second-order valence-electron chi connectivity index (χ2n) is 3.54. The molecule has 5 heteroatoms. The third kappa shape index (κ3) is 2.67. The monoisotopic (exact) mass is 228 g/mol. The van der Waals surface area contributed by atoms with Crippen LogP contribution in [0.15, 0.2) is 24.3 Å². The van der Waals surface area contributed by atoms with E-state index in [2.05, 4.69) is 5.32 Å². The smallest absolute Gasteiger partial charge is 0.269 e. The Morgan fingerprint density at radius 1 is 1.33 bits per heavy atom. The zero-order chi connectivity index (χ0) is 9.97. The molecule has 0 amide bonds. The maximum absolute atomic E-state index is 10.4. The Balaban J connectivity index is 0.00000112. The minimum Gasteiger partial charge on any atom is -0.316 e. The summed E-state index contributed by atoms with van der Waals surface area (Å²) in [5.74, 6) is 0.524. The van der Waals surface area contributed by atoms with Crippen LogP contribution in [0.4, 0.5) is 5.69 Å². The molecule has 4 nitrogen and oxygen atoms in total. The summed E-state index contributed by atoms with van der Waals surface area (Å²) in [4.78, 5) is 10.1. The molecule has 1 atom stereocenters. The van der Waals surface area contributed by atoms with Crippen LogP contribution < -0.4 is 5.32 Å². The summed E-state index contributed by atoms with van der Waals surface area (Å²) in [5, 5.41) is 13.7. The van der Waals surface area contributed by atoms with Crippen LogP contribution >= 0.6 is 12.4 Å². The number of nitrogens with one attached hydrogen (secondary N) is 1. The van der Waals surface area contributed by atoms with E-state index in [1.54, 1.807) is 12.1 Å². The van der Waals surface area contributed by atoms with E-state index in [0.717, 1.165) is 19.5 Å². The molecule has 1 aliphatic heterocycles. The highest BCUT2D eigenvalue weighted by molar-refractivity contribution is 5.85. The van der Waals surface area contributed by atoms with Crippen LogP contribution in [-0.4, -0.2) is 18.0 Å². The topological polar surface area (TPSA) is 55.2 Å². The van der Waals surface area contributed by atoms with Crippen molar-refractivity contribution in [3.63, 3.8) is 0 Å². The standard InChI is InChI=1S/C10H12N2O2.ClH/c13-12(14)10-3-1-8(2-4-10)9-5-6-11-7-9;/h1-4,9,11H,5-7H2;1H. The Kier molecular flexibility index (Phi) is 4.05. The van der Waals surface area contributed by atoms with E-state index in [0.29, 0.717) is 5.92 Å². The normalized spacial score (nSPS) is 19.6. The van der Waals surface area contributed by atoms with E-state index in [9.17, 15) is 10.1 Å². The first kappa shape index (κ1) is 11.9. The van der Waals surface area contributed by atoms with Gasteiger partial charge in [-0.25, -0.2) is 0 Å². The van der Waals surface area contributed by atoms with Gasteiger partial charge in [-0.3, -0.25) is 10.1 Å². The Bertz CT molecular complexity index is 334. The summed E-state index contributed by atoms with van der Waals surface area (Å²) in [7, 11) is 0. The van der Waals surface area contributed by atoms with Crippen molar-refractivity contribution in [3.05, 3.63) is 39.9 Å². The highest BCUT2D eigenvalue weighted by Crippen LogP contribution is 2.23. The molecule has 1 aliphatic rings. The molecule has 1 heterocycles. The van der Waals surface area contributed by atoms with Gasteiger partial charge in [-0.1, -0.05) is 12.1 Å². The Morgan fingerprint density at radius 2 is 2.00 bits per heavy atom. The van der Waals surface area contributed by atoms with Gasteiger partial charge in [0.1, 0.15) is 0 Å². The molecule has 0 aliphatic carbocycles. The van der Waals surface area contributed by atoms with Crippen molar-refractivity contribution in [2.24, 2.45) is 0 Å². The number of non-ortho nitro benzene ring substituents is 1. The summed E-state index contributed by atoms with van der Waals surface area (Å²) < 4.78 is 0. The number of nitrogens with zero attached hydrogens (tertiary/aromatic N) is 1. The summed E-state index contributed by atoms with van der Waals surface area (Å²) in [6, 6.07) is 6.87. The van der Waals surface area contributed by atoms with Gasteiger partial charge in [0.05, 0.1) is 4.92 Å². The van der Waals surface area contributed by atoms with Crippen LogP contribution in [0.2, 0.25) is 0 Å². The molecule has 1 saturated heterocycles. The molecule has 0 radical (unpaired) electrons. The minimum absolute atomic E-state index is 0. The Hall–Kier alpha value is -1.13. The number of rotatable bonds is 2. The SMILES string of the molecule is Cl.O=[N+]([O-])c1ccc(C2CCNC2)cc1.